The molecule has 8 rings (SSSR count). The molecule has 13 heteroatoms. The maximum Gasteiger partial charge on any atom is 0.251 e. The summed E-state index contributed by atoms with van der Waals surface area (Å²) in [7, 11) is 1.45. The highest BCUT2D eigenvalue weighted by molar-refractivity contribution is 7.17. The van der Waals surface area contributed by atoms with Crippen LogP contribution in [0.25, 0.3) is 32.2 Å². The van der Waals surface area contributed by atoms with Crippen LogP contribution in [-0.4, -0.2) is 51.9 Å². The summed E-state index contributed by atoms with van der Waals surface area (Å²) in [5.74, 6) is -2.53. The number of rotatable bonds is 9. The number of methoxy groups -OCH3 is 1. The van der Waals surface area contributed by atoms with Crippen LogP contribution in [0.2, 0.25) is 0 Å². The molecule has 0 radical (unpaired) electrons. The van der Waals surface area contributed by atoms with Crippen molar-refractivity contribution >= 4 is 44.1 Å². The fraction of sp³-hybridized carbons (Fsp3) is 0.353. The van der Waals surface area contributed by atoms with E-state index in [1.165, 1.54) is 35.3 Å². The van der Waals surface area contributed by atoms with Gasteiger partial charge in [-0.2, -0.15) is 5.10 Å². The summed E-state index contributed by atoms with van der Waals surface area (Å²) in [5.41, 5.74) is 5.41. The number of ether oxygens (including phenoxy) is 2. The minimum absolute atomic E-state index is 0.0186. The second-order valence-corrected chi connectivity index (χ2v) is 13.9. The number of pyridine rings is 1. The number of hydrogen-bond acceptors (Lipinski definition) is 8. The summed E-state index contributed by atoms with van der Waals surface area (Å²) < 4.78 is 42.7. The number of carbonyl (C=O) groups excluding carboxylic acids is 2. The van der Waals surface area contributed by atoms with Crippen LogP contribution in [-0.2, 0) is 21.6 Å². The molecule has 0 bridgehead atoms. The first-order chi connectivity index (χ1) is 22.4. The summed E-state index contributed by atoms with van der Waals surface area (Å²) in [5, 5.41) is 22.5. The van der Waals surface area contributed by atoms with Crippen molar-refractivity contribution in [1.82, 2.24) is 20.1 Å². The number of nitrogens with one attached hydrogen (secondary N) is 1. The molecule has 2 aliphatic carbocycles. The Morgan fingerprint density at radius 3 is 2.77 bits per heavy atom. The first-order valence-corrected chi connectivity index (χ1v) is 16.3. The third-order valence-corrected chi connectivity index (χ3v) is 10.8. The molecule has 10 nitrogen and oxygen atoms in total. The number of thiophene rings is 1. The number of aliphatic hydroxyl groups is 1. The van der Waals surface area contributed by atoms with Crippen molar-refractivity contribution in [3.63, 3.8) is 0 Å². The number of fused-ring (bicyclic) bond motifs is 3. The van der Waals surface area contributed by atoms with Gasteiger partial charge in [0.2, 0.25) is 11.7 Å². The van der Waals surface area contributed by atoms with Gasteiger partial charge in [0, 0.05) is 51.9 Å². The van der Waals surface area contributed by atoms with Crippen molar-refractivity contribution in [3.05, 3.63) is 70.6 Å². The van der Waals surface area contributed by atoms with E-state index in [1.807, 2.05) is 0 Å². The molecule has 2 fully saturated rings. The third kappa shape index (κ3) is 4.58. The van der Waals surface area contributed by atoms with Crippen molar-refractivity contribution in [2.75, 3.05) is 20.3 Å². The molecular weight excluding hydrogens is 628 g/mol. The van der Waals surface area contributed by atoms with Gasteiger partial charge in [-0.1, -0.05) is 12.1 Å². The Morgan fingerprint density at radius 1 is 1.28 bits per heavy atom. The highest BCUT2D eigenvalue weighted by Gasteiger charge is 2.50. The molecule has 2 amide bonds. The lowest BCUT2D eigenvalue weighted by Gasteiger charge is -2.30. The highest BCUT2D eigenvalue weighted by atomic mass is 32.1. The standard InChI is InChI=1S/C34H31F2N5O5S/c1-32(31(37)43)16-46-28-22(32)12-25(39-27(28)21-14-47-29-20(21)4-3-5-23(29)35)34(44,19-6-7-19)15-38-30(42)17-10-18-13-41(33(36)8-9-33)40-26(18)24(11-17)45-2/h3-5,10-14,19,44H,6-9,15-16H2,1-2H3,(H2,37,43)(H,38,42)/t32-,34?/m0/s1. The van der Waals surface area contributed by atoms with E-state index in [9.17, 15) is 23.5 Å². The number of aromatic nitrogens is 3. The highest BCUT2D eigenvalue weighted by Crippen LogP contribution is 2.51. The van der Waals surface area contributed by atoms with Crippen molar-refractivity contribution < 1.29 is 33.0 Å². The summed E-state index contributed by atoms with van der Waals surface area (Å²) >= 11 is 1.22. The predicted molar refractivity (Wildman–Crippen MR) is 171 cm³/mol. The minimum Gasteiger partial charge on any atom is -0.494 e. The molecule has 0 spiro atoms. The lowest BCUT2D eigenvalue weighted by Crippen LogP contribution is -2.44. The van der Waals surface area contributed by atoms with Gasteiger partial charge in [0.25, 0.3) is 5.91 Å². The lowest BCUT2D eigenvalue weighted by atomic mass is 9.81. The van der Waals surface area contributed by atoms with Crippen LogP contribution in [0, 0.1) is 11.7 Å². The zero-order chi connectivity index (χ0) is 32.9. The van der Waals surface area contributed by atoms with Crippen LogP contribution in [0.5, 0.6) is 11.5 Å². The summed E-state index contributed by atoms with van der Waals surface area (Å²) in [6.07, 6.45) is 3.70. The van der Waals surface area contributed by atoms with Crippen molar-refractivity contribution in [3.8, 4) is 22.8 Å². The Hall–Kier alpha value is -4.62. The molecule has 3 aliphatic rings. The van der Waals surface area contributed by atoms with Gasteiger partial charge in [-0.05, 0) is 49.9 Å². The second kappa shape index (κ2) is 10.2. The van der Waals surface area contributed by atoms with Crippen LogP contribution < -0.4 is 20.5 Å². The van der Waals surface area contributed by atoms with E-state index in [2.05, 4.69) is 10.4 Å². The van der Waals surface area contributed by atoms with Gasteiger partial charge < -0.3 is 25.6 Å². The number of halogens is 2. The topological polar surface area (TPSA) is 142 Å². The zero-order valence-electron chi connectivity index (χ0n) is 25.6. The van der Waals surface area contributed by atoms with E-state index in [4.69, 9.17) is 20.2 Å². The third-order valence-electron chi connectivity index (χ3n) is 9.77. The smallest absolute Gasteiger partial charge is 0.251 e. The van der Waals surface area contributed by atoms with E-state index >= 15 is 0 Å². The van der Waals surface area contributed by atoms with Gasteiger partial charge in [0.1, 0.15) is 46.1 Å². The number of primary amides is 1. The molecule has 4 heterocycles. The van der Waals surface area contributed by atoms with Gasteiger partial charge in [-0.25, -0.2) is 18.4 Å². The zero-order valence-corrected chi connectivity index (χ0v) is 26.4. The molecule has 242 valence electrons. The number of hydrogen-bond donors (Lipinski definition) is 3. The maximum atomic E-state index is 14.7. The monoisotopic (exact) mass is 659 g/mol. The number of amides is 2. The number of carbonyl (C=O) groups is 2. The molecule has 2 aromatic carbocycles. The Balaban J connectivity index is 1.18. The summed E-state index contributed by atoms with van der Waals surface area (Å²) in [6, 6.07) is 9.57. The van der Waals surface area contributed by atoms with Crippen LogP contribution in [0.4, 0.5) is 8.78 Å². The lowest BCUT2D eigenvalue weighted by molar-refractivity contribution is -0.123. The van der Waals surface area contributed by atoms with Gasteiger partial charge in [0.15, 0.2) is 0 Å². The molecule has 0 saturated heterocycles. The Morgan fingerprint density at radius 2 is 2.06 bits per heavy atom. The average molecular weight is 660 g/mol. The molecule has 47 heavy (non-hydrogen) atoms. The van der Waals surface area contributed by atoms with E-state index in [0.717, 1.165) is 0 Å². The van der Waals surface area contributed by atoms with Gasteiger partial charge in [0.05, 0.1) is 24.0 Å². The predicted octanol–water partition coefficient (Wildman–Crippen LogP) is 5.04. The largest absolute Gasteiger partial charge is 0.494 e. The quantitative estimate of drug-likeness (QED) is 0.201. The van der Waals surface area contributed by atoms with Crippen molar-refractivity contribution in [1.29, 1.82) is 0 Å². The van der Waals surface area contributed by atoms with Gasteiger partial charge in [-0.3, -0.25) is 9.59 Å². The molecule has 3 aromatic heterocycles. The molecular formula is C34H31F2N5O5S. The second-order valence-electron chi connectivity index (χ2n) is 13.0. The number of nitrogens with two attached hydrogens (primary N) is 1. The van der Waals surface area contributed by atoms with Crippen molar-refractivity contribution in [2.24, 2.45) is 11.7 Å². The van der Waals surface area contributed by atoms with E-state index < -0.39 is 28.6 Å². The fourth-order valence-electron chi connectivity index (χ4n) is 6.45. The summed E-state index contributed by atoms with van der Waals surface area (Å²) in [6.45, 7) is 1.47. The summed E-state index contributed by atoms with van der Waals surface area (Å²) in [4.78, 5) is 31.2. The maximum absolute atomic E-state index is 14.7. The van der Waals surface area contributed by atoms with Crippen molar-refractivity contribution in [2.45, 2.75) is 49.4 Å². The van der Waals surface area contributed by atoms with Crippen LogP contribution in [0.1, 0.15) is 54.2 Å². The Bertz CT molecular complexity index is 2140. The van der Waals surface area contributed by atoms with E-state index in [1.54, 1.807) is 42.8 Å². The van der Waals surface area contributed by atoms with E-state index in [-0.39, 0.29) is 36.1 Å². The number of benzene rings is 2. The van der Waals surface area contributed by atoms with E-state index in [0.29, 0.717) is 75.0 Å². The SMILES string of the molecule is COc1cc(C(=O)NCC(O)(c2cc3c(c(-c4csc5c(F)cccc45)n2)OC[C@]3(C)C(N)=O)C2CC2)cc2cn(C3(F)CC3)nc12. The first kappa shape index (κ1) is 29.8. The van der Waals surface area contributed by atoms with Gasteiger partial charge >= 0.3 is 0 Å². The Labute approximate surface area is 271 Å². The molecule has 2 saturated carbocycles. The molecule has 5 aromatic rings. The van der Waals surface area contributed by atoms with Crippen LogP contribution in [0.3, 0.4) is 0 Å². The van der Waals surface area contributed by atoms with Crippen LogP contribution >= 0.6 is 11.3 Å². The molecule has 1 unspecified atom stereocenters. The normalized spacial score (nSPS) is 20.9. The molecule has 1 aliphatic heterocycles. The van der Waals surface area contributed by atoms with Gasteiger partial charge in [-0.15, -0.1) is 11.3 Å². The number of alkyl halides is 1. The number of nitrogens with zero attached hydrogens (tertiary/aromatic N) is 3. The van der Waals surface area contributed by atoms with Crippen LogP contribution in [0.15, 0.2) is 48.0 Å². The fourth-order valence-corrected chi connectivity index (χ4v) is 7.41. The minimum atomic E-state index is -1.62. The molecule has 2 atom stereocenters. The Kier molecular flexibility index (Phi) is 6.45. The first-order valence-electron chi connectivity index (χ1n) is 15.4. The average Bonchev–Trinajstić information content (AvgIpc) is 3.92. The molecule has 4 N–H and O–H groups in total.